The fourth-order valence-electron chi connectivity index (χ4n) is 3.79. The van der Waals surface area contributed by atoms with Crippen molar-refractivity contribution >= 4 is 20.9 Å². The highest BCUT2D eigenvalue weighted by Gasteiger charge is 2.22. The van der Waals surface area contributed by atoms with Crippen LogP contribution in [0.5, 0.6) is 0 Å². The maximum atomic E-state index is 13.0. The Balaban J connectivity index is 1.52. The van der Waals surface area contributed by atoms with Crippen molar-refractivity contribution in [3.05, 3.63) is 65.4 Å². The van der Waals surface area contributed by atoms with E-state index in [0.717, 1.165) is 35.7 Å². The van der Waals surface area contributed by atoms with Gasteiger partial charge in [0.1, 0.15) is 0 Å². The lowest BCUT2D eigenvalue weighted by Crippen LogP contribution is -2.29. The molecule has 0 unspecified atom stereocenters. The smallest absolute Gasteiger partial charge is 0.242 e. The third kappa shape index (κ3) is 3.17. The van der Waals surface area contributed by atoms with E-state index < -0.39 is 10.0 Å². The summed E-state index contributed by atoms with van der Waals surface area (Å²) in [5.74, 6) is 0. The molecular formula is C21H24N2O2S. The molecule has 1 heterocycles. The predicted octanol–water partition coefficient (Wildman–Crippen LogP) is 3.91. The largest absolute Gasteiger partial charge is 0.361 e. The molecule has 2 aromatic carbocycles. The number of nitrogens with zero attached hydrogens (tertiary/aromatic N) is 1. The molecule has 0 fully saturated rings. The number of benzene rings is 2. The second-order valence-corrected chi connectivity index (χ2v) is 9.12. The van der Waals surface area contributed by atoms with Gasteiger partial charge in [0.2, 0.25) is 10.0 Å². The number of para-hydroxylation sites is 1. The first kappa shape index (κ1) is 17.3. The number of rotatable bonds is 5. The SMILES string of the molecule is CN(CCc1c[nH]c2ccccc12)S(=O)(=O)c1ccc2c(c1)CCCC2. The van der Waals surface area contributed by atoms with Gasteiger partial charge in [0.05, 0.1) is 4.90 Å². The average Bonchev–Trinajstić information content (AvgIpc) is 3.08. The number of aryl methyl sites for hydroxylation is 2. The Hall–Kier alpha value is -2.11. The van der Waals surface area contributed by atoms with Crippen LogP contribution >= 0.6 is 0 Å². The van der Waals surface area contributed by atoms with Gasteiger partial charge in [-0.1, -0.05) is 24.3 Å². The molecule has 0 saturated carbocycles. The molecule has 3 aromatic rings. The van der Waals surface area contributed by atoms with Crippen molar-refractivity contribution < 1.29 is 8.42 Å². The van der Waals surface area contributed by atoms with Gasteiger partial charge in [0.25, 0.3) is 0 Å². The van der Waals surface area contributed by atoms with Gasteiger partial charge in [-0.25, -0.2) is 12.7 Å². The number of aromatic amines is 1. The minimum absolute atomic E-state index is 0.416. The summed E-state index contributed by atoms with van der Waals surface area (Å²) < 4.78 is 27.4. The number of hydrogen-bond donors (Lipinski definition) is 1. The van der Waals surface area contributed by atoms with Crippen LogP contribution in [-0.4, -0.2) is 31.3 Å². The standard InChI is InChI=1S/C21H24N2O2S/c1-23(13-12-18-15-22-21-9-5-4-8-20(18)21)26(24,25)19-11-10-16-6-2-3-7-17(16)14-19/h4-5,8-11,14-15,22H,2-3,6-7,12-13H2,1H3. The molecule has 4 rings (SSSR count). The van der Waals surface area contributed by atoms with E-state index in [0.29, 0.717) is 17.9 Å². The number of H-pyrrole nitrogens is 1. The Morgan fingerprint density at radius 3 is 2.65 bits per heavy atom. The third-order valence-electron chi connectivity index (χ3n) is 5.40. The van der Waals surface area contributed by atoms with Gasteiger partial charge in [-0.15, -0.1) is 0 Å². The maximum absolute atomic E-state index is 13.0. The van der Waals surface area contributed by atoms with Gasteiger partial charge in [-0.3, -0.25) is 0 Å². The molecule has 4 nitrogen and oxygen atoms in total. The molecule has 0 amide bonds. The van der Waals surface area contributed by atoms with Gasteiger partial charge in [-0.2, -0.15) is 0 Å². The number of aromatic nitrogens is 1. The summed E-state index contributed by atoms with van der Waals surface area (Å²) in [6.07, 6.45) is 7.05. The molecule has 0 radical (unpaired) electrons. The van der Waals surface area contributed by atoms with Crippen molar-refractivity contribution in [2.75, 3.05) is 13.6 Å². The van der Waals surface area contributed by atoms with E-state index >= 15 is 0 Å². The highest BCUT2D eigenvalue weighted by Crippen LogP contribution is 2.26. The summed E-state index contributed by atoms with van der Waals surface area (Å²) in [4.78, 5) is 3.66. The van der Waals surface area contributed by atoms with E-state index in [1.54, 1.807) is 13.1 Å². The molecule has 0 saturated heterocycles. The van der Waals surface area contributed by atoms with Crippen molar-refractivity contribution in [3.63, 3.8) is 0 Å². The molecule has 26 heavy (non-hydrogen) atoms. The van der Waals surface area contributed by atoms with Gasteiger partial charge in [0, 0.05) is 30.7 Å². The molecule has 1 aliphatic carbocycles. The molecule has 136 valence electrons. The summed E-state index contributed by atoms with van der Waals surface area (Å²) in [6.45, 7) is 0.460. The van der Waals surface area contributed by atoms with Crippen molar-refractivity contribution in [2.24, 2.45) is 0 Å². The third-order valence-corrected chi connectivity index (χ3v) is 7.25. The highest BCUT2D eigenvalue weighted by molar-refractivity contribution is 7.89. The summed E-state index contributed by atoms with van der Waals surface area (Å²) in [5.41, 5.74) is 4.73. The van der Waals surface area contributed by atoms with E-state index in [-0.39, 0.29) is 0 Å². The monoisotopic (exact) mass is 368 g/mol. The maximum Gasteiger partial charge on any atom is 0.242 e. The van der Waals surface area contributed by atoms with E-state index in [2.05, 4.69) is 11.1 Å². The Kier molecular flexibility index (Phi) is 4.59. The van der Waals surface area contributed by atoms with Crippen LogP contribution in [0, 0.1) is 0 Å². The Bertz CT molecular complexity index is 1040. The summed E-state index contributed by atoms with van der Waals surface area (Å²) in [5, 5.41) is 1.16. The minimum Gasteiger partial charge on any atom is -0.361 e. The van der Waals surface area contributed by atoms with E-state index in [1.807, 2.05) is 36.5 Å². The summed E-state index contributed by atoms with van der Waals surface area (Å²) in [6, 6.07) is 13.7. The van der Waals surface area contributed by atoms with Crippen LogP contribution in [0.3, 0.4) is 0 Å². The molecule has 1 aliphatic rings. The molecule has 0 aliphatic heterocycles. The van der Waals surface area contributed by atoms with E-state index in [9.17, 15) is 8.42 Å². The Labute approximate surface area is 154 Å². The fourth-order valence-corrected chi connectivity index (χ4v) is 5.01. The van der Waals surface area contributed by atoms with Crippen LogP contribution in [0.1, 0.15) is 29.5 Å². The zero-order valence-electron chi connectivity index (χ0n) is 15.0. The normalized spacial score (nSPS) is 14.7. The van der Waals surface area contributed by atoms with Gasteiger partial charge in [-0.05, 0) is 67.0 Å². The van der Waals surface area contributed by atoms with Crippen LogP contribution in [0.2, 0.25) is 0 Å². The van der Waals surface area contributed by atoms with Crippen LogP contribution in [0.25, 0.3) is 10.9 Å². The average molecular weight is 369 g/mol. The number of fused-ring (bicyclic) bond motifs is 2. The summed E-state index contributed by atoms with van der Waals surface area (Å²) in [7, 11) is -1.79. The molecule has 0 spiro atoms. The molecule has 0 atom stereocenters. The molecular weight excluding hydrogens is 344 g/mol. The first-order valence-electron chi connectivity index (χ1n) is 9.19. The quantitative estimate of drug-likeness (QED) is 0.742. The van der Waals surface area contributed by atoms with Crippen LogP contribution in [-0.2, 0) is 29.3 Å². The van der Waals surface area contributed by atoms with Crippen LogP contribution < -0.4 is 0 Å². The molecule has 5 heteroatoms. The Morgan fingerprint density at radius 2 is 1.81 bits per heavy atom. The van der Waals surface area contributed by atoms with Gasteiger partial charge >= 0.3 is 0 Å². The first-order valence-corrected chi connectivity index (χ1v) is 10.6. The highest BCUT2D eigenvalue weighted by atomic mass is 32.2. The zero-order chi connectivity index (χ0) is 18.1. The van der Waals surface area contributed by atoms with Crippen molar-refractivity contribution in [1.82, 2.24) is 9.29 Å². The Morgan fingerprint density at radius 1 is 1.04 bits per heavy atom. The van der Waals surface area contributed by atoms with E-state index in [1.165, 1.54) is 21.9 Å². The lowest BCUT2D eigenvalue weighted by molar-refractivity contribution is 0.472. The number of nitrogens with one attached hydrogen (secondary N) is 1. The lowest BCUT2D eigenvalue weighted by atomic mass is 9.92. The van der Waals surface area contributed by atoms with E-state index in [4.69, 9.17) is 0 Å². The molecule has 1 aromatic heterocycles. The predicted molar refractivity (Wildman–Crippen MR) is 105 cm³/mol. The second-order valence-electron chi connectivity index (χ2n) is 7.07. The second kappa shape index (κ2) is 6.89. The van der Waals surface area contributed by atoms with Crippen LogP contribution in [0.15, 0.2) is 53.6 Å². The first-order chi connectivity index (χ1) is 12.6. The van der Waals surface area contributed by atoms with Crippen LogP contribution in [0.4, 0.5) is 0 Å². The number of likely N-dealkylation sites (N-methyl/N-ethyl adjacent to an activating group) is 1. The lowest BCUT2D eigenvalue weighted by Gasteiger charge is -2.20. The minimum atomic E-state index is -3.46. The van der Waals surface area contributed by atoms with Crippen molar-refractivity contribution in [1.29, 1.82) is 0 Å². The zero-order valence-corrected chi connectivity index (χ0v) is 15.8. The molecule has 1 N–H and O–H groups in total. The topological polar surface area (TPSA) is 53.2 Å². The summed E-state index contributed by atoms with van der Waals surface area (Å²) >= 11 is 0. The van der Waals surface area contributed by atoms with Gasteiger partial charge < -0.3 is 4.98 Å². The fraction of sp³-hybridized carbons (Fsp3) is 0.333. The van der Waals surface area contributed by atoms with Crippen molar-refractivity contribution in [2.45, 2.75) is 37.0 Å². The number of hydrogen-bond acceptors (Lipinski definition) is 2. The number of sulfonamides is 1. The van der Waals surface area contributed by atoms with Crippen molar-refractivity contribution in [3.8, 4) is 0 Å². The molecule has 0 bridgehead atoms. The van der Waals surface area contributed by atoms with Gasteiger partial charge in [0.15, 0.2) is 0 Å².